The molecule has 7 nitrogen and oxygen atoms in total. The molecule has 0 fully saturated rings. The Labute approximate surface area is 137 Å². The molecule has 0 radical (unpaired) electrons. The number of aromatic nitrogens is 3. The van der Waals surface area contributed by atoms with Crippen molar-refractivity contribution in [1.82, 2.24) is 14.8 Å². The van der Waals surface area contributed by atoms with E-state index in [4.69, 9.17) is 5.26 Å². The molecule has 0 aliphatic carbocycles. The van der Waals surface area contributed by atoms with Gasteiger partial charge in [-0.15, -0.1) is 5.10 Å². The average Bonchev–Trinajstić information content (AvgIpc) is 2.88. The molecule has 0 spiro atoms. The first-order chi connectivity index (χ1) is 11.0. The minimum atomic E-state index is -0.438. The largest absolute Gasteiger partial charge is 0.343 e. The molecule has 8 heteroatoms. The van der Waals surface area contributed by atoms with Gasteiger partial charge in [0, 0.05) is 12.2 Å². The first kappa shape index (κ1) is 16.8. The average molecular weight is 331 g/mol. The molecule has 2 N–H and O–H groups in total. The van der Waals surface area contributed by atoms with E-state index in [9.17, 15) is 9.59 Å². The van der Waals surface area contributed by atoms with E-state index >= 15 is 0 Å². The fourth-order valence-corrected chi connectivity index (χ4v) is 2.82. The molecule has 0 saturated carbocycles. The molecule has 1 aromatic heterocycles. The molecule has 1 heterocycles. The second-order valence-electron chi connectivity index (χ2n) is 4.90. The van der Waals surface area contributed by atoms with Crippen molar-refractivity contribution in [2.45, 2.75) is 37.2 Å². The lowest BCUT2D eigenvalue weighted by atomic mass is 10.2. The zero-order valence-electron chi connectivity index (χ0n) is 12.9. The quantitative estimate of drug-likeness (QED) is 0.788. The van der Waals surface area contributed by atoms with Crippen LogP contribution in [0.2, 0.25) is 0 Å². The maximum absolute atomic E-state index is 12.3. The van der Waals surface area contributed by atoms with Gasteiger partial charge >= 0.3 is 5.69 Å². The Kier molecular flexibility index (Phi) is 5.60. The van der Waals surface area contributed by atoms with Gasteiger partial charge in [-0.1, -0.05) is 24.8 Å². The van der Waals surface area contributed by atoms with Crippen molar-refractivity contribution in [3.8, 4) is 6.07 Å². The van der Waals surface area contributed by atoms with Crippen LogP contribution in [0.1, 0.15) is 25.8 Å². The predicted molar refractivity (Wildman–Crippen MR) is 88.2 cm³/mol. The summed E-state index contributed by atoms with van der Waals surface area (Å²) in [5.74, 6) is -0.219. The highest BCUT2D eigenvalue weighted by molar-refractivity contribution is 8.00. The molecular formula is C15H17N5O2S. The zero-order chi connectivity index (χ0) is 16.8. The van der Waals surface area contributed by atoms with Crippen LogP contribution in [0.4, 0.5) is 5.69 Å². The second kappa shape index (κ2) is 7.65. The van der Waals surface area contributed by atoms with E-state index < -0.39 is 5.25 Å². The summed E-state index contributed by atoms with van der Waals surface area (Å²) < 4.78 is 1.52. The third-order valence-electron chi connectivity index (χ3n) is 3.08. The van der Waals surface area contributed by atoms with Gasteiger partial charge in [0.2, 0.25) is 5.91 Å². The summed E-state index contributed by atoms with van der Waals surface area (Å²) >= 11 is 1.21. The van der Waals surface area contributed by atoms with Gasteiger partial charge in [0.15, 0.2) is 5.16 Å². The monoisotopic (exact) mass is 331 g/mol. The van der Waals surface area contributed by atoms with Gasteiger partial charge in [-0.3, -0.25) is 9.36 Å². The van der Waals surface area contributed by atoms with Gasteiger partial charge in [-0.05, 0) is 31.5 Å². The number of hydrogen-bond acceptors (Lipinski definition) is 5. The van der Waals surface area contributed by atoms with Crippen molar-refractivity contribution in [1.29, 1.82) is 5.26 Å². The minimum Gasteiger partial charge on any atom is -0.325 e. The van der Waals surface area contributed by atoms with E-state index in [-0.39, 0.29) is 11.6 Å². The van der Waals surface area contributed by atoms with Crippen LogP contribution in [0.15, 0.2) is 34.2 Å². The number of H-pyrrole nitrogens is 1. The number of hydrogen-bond donors (Lipinski definition) is 2. The van der Waals surface area contributed by atoms with E-state index in [0.29, 0.717) is 23.0 Å². The standard InChI is InChI=1S/C15H17N5O2S/c1-3-7-20-14(22)18-19-15(20)23-10(2)13(21)17-12-6-4-5-11(8-12)9-16/h4-6,8,10H,3,7H2,1-2H3,(H,17,21)(H,18,22). The Morgan fingerprint density at radius 1 is 1.57 bits per heavy atom. The number of nitrogens with one attached hydrogen (secondary N) is 2. The van der Waals surface area contributed by atoms with Crippen LogP contribution in [0.3, 0.4) is 0 Å². The van der Waals surface area contributed by atoms with Gasteiger partial charge < -0.3 is 5.32 Å². The van der Waals surface area contributed by atoms with Crippen LogP contribution in [-0.4, -0.2) is 25.9 Å². The highest BCUT2D eigenvalue weighted by atomic mass is 32.2. The molecule has 0 saturated heterocycles. The number of nitrogens with zero attached hydrogens (tertiary/aromatic N) is 3. The number of amides is 1. The zero-order valence-corrected chi connectivity index (χ0v) is 13.7. The molecule has 0 aliphatic rings. The van der Waals surface area contributed by atoms with E-state index in [1.54, 1.807) is 31.2 Å². The molecule has 1 unspecified atom stereocenters. The molecule has 2 rings (SSSR count). The van der Waals surface area contributed by atoms with Gasteiger partial charge in [-0.25, -0.2) is 9.89 Å². The highest BCUT2D eigenvalue weighted by Gasteiger charge is 2.19. The number of carbonyl (C=O) groups is 1. The summed E-state index contributed by atoms with van der Waals surface area (Å²) in [7, 11) is 0. The lowest BCUT2D eigenvalue weighted by Gasteiger charge is -2.12. The third-order valence-corrected chi connectivity index (χ3v) is 4.17. The van der Waals surface area contributed by atoms with Crippen LogP contribution in [0.5, 0.6) is 0 Å². The SMILES string of the molecule is CCCn1c(SC(C)C(=O)Nc2cccc(C#N)c2)n[nH]c1=O. The minimum absolute atomic E-state index is 0.219. The molecule has 0 bridgehead atoms. The summed E-state index contributed by atoms with van der Waals surface area (Å²) in [5.41, 5.74) is 0.769. The van der Waals surface area contributed by atoms with E-state index in [2.05, 4.69) is 15.5 Å². The van der Waals surface area contributed by atoms with E-state index in [1.165, 1.54) is 16.3 Å². The topological polar surface area (TPSA) is 104 Å². The number of thioether (sulfide) groups is 1. The Bertz CT molecular complexity index is 790. The van der Waals surface area contributed by atoms with Crippen LogP contribution in [0, 0.1) is 11.3 Å². The molecule has 1 amide bonds. The van der Waals surface area contributed by atoms with Gasteiger partial charge in [-0.2, -0.15) is 5.26 Å². The number of benzene rings is 1. The third kappa shape index (κ3) is 4.23. The van der Waals surface area contributed by atoms with Crippen LogP contribution >= 0.6 is 11.8 Å². The predicted octanol–water partition coefficient (Wildman–Crippen LogP) is 1.97. The van der Waals surface area contributed by atoms with Crippen LogP contribution in [-0.2, 0) is 11.3 Å². The molecule has 0 aliphatic heterocycles. The molecule has 2 aromatic rings. The number of anilines is 1. The lowest BCUT2D eigenvalue weighted by molar-refractivity contribution is -0.115. The summed E-state index contributed by atoms with van der Waals surface area (Å²) in [6.45, 7) is 4.26. The summed E-state index contributed by atoms with van der Waals surface area (Å²) in [4.78, 5) is 23.9. The molecule has 1 atom stereocenters. The normalized spacial score (nSPS) is 11.7. The highest BCUT2D eigenvalue weighted by Crippen LogP contribution is 2.21. The lowest BCUT2D eigenvalue weighted by Crippen LogP contribution is -2.24. The first-order valence-electron chi connectivity index (χ1n) is 7.18. The second-order valence-corrected chi connectivity index (χ2v) is 6.21. The molecule has 1 aromatic carbocycles. The van der Waals surface area contributed by atoms with Crippen molar-refractivity contribution in [3.05, 3.63) is 40.3 Å². The van der Waals surface area contributed by atoms with Gasteiger partial charge in [0.25, 0.3) is 0 Å². The molecule has 120 valence electrons. The fourth-order valence-electron chi connectivity index (χ4n) is 1.94. The Morgan fingerprint density at radius 3 is 3.04 bits per heavy atom. The number of nitriles is 1. The van der Waals surface area contributed by atoms with Crippen molar-refractivity contribution in [2.75, 3.05) is 5.32 Å². The number of aromatic amines is 1. The van der Waals surface area contributed by atoms with Crippen LogP contribution < -0.4 is 11.0 Å². The Hall–Kier alpha value is -2.53. The van der Waals surface area contributed by atoms with Crippen molar-refractivity contribution in [3.63, 3.8) is 0 Å². The number of carbonyl (C=O) groups excluding carboxylic acids is 1. The summed E-state index contributed by atoms with van der Waals surface area (Å²) in [6, 6.07) is 8.73. The van der Waals surface area contributed by atoms with Crippen LogP contribution in [0.25, 0.3) is 0 Å². The fraction of sp³-hybridized carbons (Fsp3) is 0.333. The smallest absolute Gasteiger partial charge is 0.325 e. The first-order valence-corrected chi connectivity index (χ1v) is 8.06. The number of rotatable bonds is 6. The maximum Gasteiger partial charge on any atom is 0.343 e. The van der Waals surface area contributed by atoms with Crippen molar-refractivity contribution < 1.29 is 4.79 Å². The molecule has 23 heavy (non-hydrogen) atoms. The summed E-state index contributed by atoms with van der Waals surface area (Å²) in [6.07, 6.45) is 0.800. The molecular weight excluding hydrogens is 314 g/mol. The van der Waals surface area contributed by atoms with Crippen molar-refractivity contribution in [2.24, 2.45) is 0 Å². The summed E-state index contributed by atoms with van der Waals surface area (Å²) in [5, 5.41) is 18.0. The Morgan fingerprint density at radius 2 is 2.35 bits per heavy atom. The van der Waals surface area contributed by atoms with Gasteiger partial charge in [0.1, 0.15) is 0 Å². The Balaban J connectivity index is 2.05. The van der Waals surface area contributed by atoms with Gasteiger partial charge in [0.05, 0.1) is 16.9 Å². The van der Waals surface area contributed by atoms with E-state index in [1.807, 2.05) is 13.0 Å². The van der Waals surface area contributed by atoms with Crippen molar-refractivity contribution >= 4 is 23.4 Å². The van der Waals surface area contributed by atoms with E-state index in [0.717, 1.165) is 6.42 Å². The maximum atomic E-state index is 12.3.